The first kappa shape index (κ1) is 18.0. The average molecular weight is 325 g/mol. The van der Waals surface area contributed by atoms with E-state index in [4.69, 9.17) is 10.5 Å². The molecular weight excluding hydrogens is 298 g/mol. The van der Waals surface area contributed by atoms with E-state index >= 15 is 0 Å². The van der Waals surface area contributed by atoms with Crippen LogP contribution in [0.15, 0.2) is 53.5 Å². The molecule has 0 aliphatic carbocycles. The number of para-hydroxylation sites is 1. The largest absolute Gasteiger partial charge is 0.380 e. The SMILES string of the molecule is COCc1ccccc1NC(N)=NCC(C)(C)c1cccc(C)c1. The highest BCUT2D eigenvalue weighted by Crippen LogP contribution is 2.24. The number of hydrogen-bond donors (Lipinski definition) is 2. The van der Waals surface area contributed by atoms with E-state index in [1.807, 2.05) is 24.3 Å². The van der Waals surface area contributed by atoms with Crippen molar-refractivity contribution in [2.24, 2.45) is 10.7 Å². The molecule has 3 N–H and O–H groups in total. The third-order valence-electron chi connectivity index (χ3n) is 4.02. The Morgan fingerprint density at radius 1 is 1.17 bits per heavy atom. The van der Waals surface area contributed by atoms with E-state index < -0.39 is 0 Å². The molecule has 0 amide bonds. The lowest BCUT2D eigenvalue weighted by Gasteiger charge is -2.24. The van der Waals surface area contributed by atoms with Crippen LogP contribution in [0.5, 0.6) is 0 Å². The minimum atomic E-state index is -0.0790. The van der Waals surface area contributed by atoms with Gasteiger partial charge in [0.25, 0.3) is 0 Å². The van der Waals surface area contributed by atoms with Crippen molar-refractivity contribution < 1.29 is 4.74 Å². The smallest absolute Gasteiger partial charge is 0.193 e. The first-order valence-corrected chi connectivity index (χ1v) is 8.13. The van der Waals surface area contributed by atoms with E-state index in [1.165, 1.54) is 11.1 Å². The predicted octanol–water partition coefficient (Wildman–Crippen LogP) is 3.85. The van der Waals surface area contributed by atoms with Crippen LogP contribution >= 0.6 is 0 Å². The van der Waals surface area contributed by atoms with Crippen LogP contribution in [0.3, 0.4) is 0 Å². The van der Waals surface area contributed by atoms with Gasteiger partial charge in [-0.2, -0.15) is 0 Å². The minimum absolute atomic E-state index is 0.0790. The molecule has 0 aromatic heterocycles. The van der Waals surface area contributed by atoms with Gasteiger partial charge in [0.15, 0.2) is 5.96 Å². The van der Waals surface area contributed by atoms with Gasteiger partial charge < -0.3 is 15.8 Å². The summed E-state index contributed by atoms with van der Waals surface area (Å²) in [6.45, 7) is 7.60. The Morgan fingerprint density at radius 2 is 1.92 bits per heavy atom. The van der Waals surface area contributed by atoms with Crippen LogP contribution in [0.25, 0.3) is 0 Å². The summed E-state index contributed by atoms with van der Waals surface area (Å²) < 4.78 is 5.21. The monoisotopic (exact) mass is 325 g/mol. The Balaban J connectivity index is 2.09. The van der Waals surface area contributed by atoms with Gasteiger partial charge in [0.05, 0.1) is 13.2 Å². The van der Waals surface area contributed by atoms with Gasteiger partial charge in [0, 0.05) is 23.8 Å². The number of nitrogens with two attached hydrogens (primary N) is 1. The predicted molar refractivity (Wildman–Crippen MR) is 101 cm³/mol. The molecule has 0 spiro atoms. The summed E-state index contributed by atoms with van der Waals surface area (Å²) in [5.74, 6) is 0.416. The summed E-state index contributed by atoms with van der Waals surface area (Å²) in [5, 5.41) is 3.18. The van der Waals surface area contributed by atoms with Crippen LogP contribution in [0.1, 0.15) is 30.5 Å². The van der Waals surface area contributed by atoms with Gasteiger partial charge in [-0.15, -0.1) is 0 Å². The second-order valence-corrected chi connectivity index (χ2v) is 6.67. The molecule has 0 bridgehead atoms. The highest BCUT2D eigenvalue weighted by Gasteiger charge is 2.20. The fraction of sp³-hybridized carbons (Fsp3) is 0.350. The number of rotatable bonds is 6. The molecule has 2 aromatic rings. The number of aryl methyl sites for hydroxylation is 1. The maximum Gasteiger partial charge on any atom is 0.193 e. The second-order valence-electron chi connectivity index (χ2n) is 6.67. The molecule has 0 radical (unpaired) electrons. The zero-order valence-electron chi connectivity index (χ0n) is 15.0. The minimum Gasteiger partial charge on any atom is -0.380 e. The highest BCUT2D eigenvalue weighted by molar-refractivity contribution is 5.93. The van der Waals surface area contributed by atoms with Gasteiger partial charge in [-0.25, -0.2) is 0 Å². The van der Waals surface area contributed by atoms with Crippen LogP contribution in [-0.2, 0) is 16.8 Å². The van der Waals surface area contributed by atoms with Crippen molar-refractivity contribution in [3.8, 4) is 0 Å². The summed E-state index contributed by atoms with van der Waals surface area (Å²) in [7, 11) is 1.68. The number of benzene rings is 2. The Labute approximate surface area is 144 Å². The quantitative estimate of drug-likeness (QED) is 0.626. The molecule has 0 aliphatic heterocycles. The van der Waals surface area contributed by atoms with E-state index in [-0.39, 0.29) is 5.41 Å². The van der Waals surface area contributed by atoms with Gasteiger partial charge in [-0.3, -0.25) is 4.99 Å². The maximum absolute atomic E-state index is 6.08. The summed E-state index contributed by atoms with van der Waals surface area (Å²) in [5.41, 5.74) is 10.5. The molecule has 128 valence electrons. The number of ether oxygens (including phenoxy) is 1. The topological polar surface area (TPSA) is 59.6 Å². The molecular formula is C20H27N3O. The summed E-state index contributed by atoms with van der Waals surface area (Å²) in [4.78, 5) is 4.54. The van der Waals surface area contributed by atoms with Gasteiger partial charge in [0.2, 0.25) is 0 Å². The van der Waals surface area contributed by atoms with Crippen LogP contribution in [0.4, 0.5) is 5.69 Å². The fourth-order valence-corrected chi connectivity index (χ4v) is 2.54. The van der Waals surface area contributed by atoms with E-state index in [9.17, 15) is 0 Å². The number of nitrogens with zero attached hydrogens (tertiary/aromatic N) is 1. The van der Waals surface area contributed by atoms with Gasteiger partial charge in [0.1, 0.15) is 0 Å². The third-order valence-corrected chi connectivity index (χ3v) is 4.02. The Morgan fingerprint density at radius 3 is 2.62 bits per heavy atom. The van der Waals surface area contributed by atoms with Crippen molar-refractivity contribution in [2.45, 2.75) is 32.8 Å². The molecule has 0 saturated carbocycles. The van der Waals surface area contributed by atoms with Gasteiger partial charge in [-0.1, -0.05) is 61.9 Å². The summed E-state index contributed by atoms with van der Waals surface area (Å²) >= 11 is 0. The summed E-state index contributed by atoms with van der Waals surface area (Å²) in [6.07, 6.45) is 0. The molecule has 0 aliphatic rings. The van der Waals surface area contributed by atoms with Crippen molar-refractivity contribution in [1.29, 1.82) is 0 Å². The number of aliphatic imine (C=N–C) groups is 1. The van der Waals surface area contributed by atoms with Crippen molar-refractivity contribution in [2.75, 3.05) is 19.0 Å². The maximum atomic E-state index is 6.08. The average Bonchev–Trinajstić information content (AvgIpc) is 2.55. The molecule has 24 heavy (non-hydrogen) atoms. The molecule has 0 saturated heterocycles. The Bertz CT molecular complexity index is 708. The number of hydrogen-bond acceptors (Lipinski definition) is 2. The third kappa shape index (κ3) is 4.83. The first-order chi connectivity index (χ1) is 11.4. The lowest BCUT2D eigenvalue weighted by Crippen LogP contribution is -2.28. The van der Waals surface area contributed by atoms with E-state index in [0.717, 1.165) is 11.3 Å². The molecule has 2 aromatic carbocycles. The Kier molecular flexibility index (Phi) is 5.99. The molecule has 4 nitrogen and oxygen atoms in total. The lowest BCUT2D eigenvalue weighted by atomic mass is 9.84. The van der Waals surface area contributed by atoms with Gasteiger partial charge in [-0.05, 0) is 18.6 Å². The molecule has 2 rings (SSSR count). The molecule has 0 atom stereocenters. The van der Waals surface area contributed by atoms with Crippen molar-refractivity contribution in [3.63, 3.8) is 0 Å². The Hall–Kier alpha value is -2.33. The van der Waals surface area contributed by atoms with Crippen LogP contribution in [-0.4, -0.2) is 19.6 Å². The highest BCUT2D eigenvalue weighted by atomic mass is 16.5. The van der Waals surface area contributed by atoms with E-state index in [2.05, 4.69) is 55.3 Å². The fourth-order valence-electron chi connectivity index (χ4n) is 2.54. The van der Waals surface area contributed by atoms with Gasteiger partial charge >= 0.3 is 0 Å². The standard InChI is InChI=1S/C20H27N3O/c1-15-8-7-10-17(12-15)20(2,3)14-22-19(21)23-18-11-6-5-9-16(18)13-24-4/h5-12H,13-14H2,1-4H3,(H3,21,22,23). The van der Waals surface area contributed by atoms with E-state index in [0.29, 0.717) is 19.1 Å². The van der Waals surface area contributed by atoms with E-state index in [1.54, 1.807) is 7.11 Å². The molecule has 0 fully saturated rings. The molecule has 0 unspecified atom stereocenters. The number of nitrogens with one attached hydrogen (secondary N) is 1. The zero-order valence-corrected chi connectivity index (χ0v) is 15.0. The molecule has 0 heterocycles. The second kappa shape index (κ2) is 7.97. The van der Waals surface area contributed by atoms with Crippen molar-refractivity contribution in [1.82, 2.24) is 0 Å². The van der Waals surface area contributed by atoms with Crippen LogP contribution in [0, 0.1) is 6.92 Å². The number of anilines is 1. The normalized spacial score (nSPS) is 12.2. The van der Waals surface area contributed by atoms with Crippen LogP contribution in [0.2, 0.25) is 0 Å². The summed E-state index contributed by atoms with van der Waals surface area (Å²) in [6, 6.07) is 16.5. The first-order valence-electron chi connectivity index (χ1n) is 8.13. The number of methoxy groups -OCH3 is 1. The van der Waals surface area contributed by atoms with Crippen molar-refractivity contribution in [3.05, 3.63) is 65.2 Å². The van der Waals surface area contributed by atoms with Crippen LogP contribution < -0.4 is 11.1 Å². The van der Waals surface area contributed by atoms with Crippen molar-refractivity contribution >= 4 is 11.6 Å². The molecule has 4 heteroatoms. The zero-order chi connectivity index (χ0) is 17.6. The number of guanidine groups is 1. The lowest BCUT2D eigenvalue weighted by molar-refractivity contribution is 0.185.